The van der Waals surface area contributed by atoms with Crippen LogP contribution in [0.1, 0.15) is 44.7 Å². The molecule has 2 aromatic rings. The Labute approximate surface area is 185 Å². The van der Waals surface area contributed by atoms with Crippen molar-refractivity contribution in [1.29, 1.82) is 0 Å². The molecule has 0 radical (unpaired) electrons. The minimum Gasteiger partial charge on any atom is -0.490 e. The second-order valence-corrected chi connectivity index (χ2v) is 7.19. The van der Waals surface area contributed by atoms with Crippen LogP contribution in [0.4, 0.5) is 0 Å². The summed E-state index contributed by atoms with van der Waals surface area (Å²) in [7, 11) is 1.60. The van der Waals surface area contributed by atoms with Crippen LogP contribution in [0, 0.1) is 0 Å². The first-order chi connectivity index (χ1) is 15.0. The molecule has 0 aromatic heterocycles. The van der Waals surface area contributed by atoms with Gasteiger partial charge in [0.05, 0.1) is 13.2 Å². The molecule has 31 heavy (non-hydrogen) atoms. The maximum Gasteiger partial charge on any atom is 0.242 e. The third-order valence-corrected chi connectivity index (χ3v) is 5.06. The number of ether oxygens (including phenoxy) is 2. The largest absolute Gasteiger partial charge is 0.490 e. The minimum absolute atomic E-state index is 0.0499. The Morgan fingerprint density at radius 2 is 1.61 bits per heavy atom. The molecule has 1 N–H and O–H groups in total. The number of amides is 2. The van der Waals surface area contributed by atoms with Crippen molar-refractivity contribution in [2.75, 3.05) is 20.3 Å². The van der Waals surface area contributed by atoms with Crippen LogP contribution in [-0.2, 0) is 22.6 Å². The first kappa shape index (κ1) is 24.3. The molecule has 0 saturated heterocycles. The molecule has 6 heteroatoms. The fourth-order valence-electron chi connectivity index (χ4n) is 3.51. The lowest BCUT2D eigenvalue weighted by Gasteiger charge is -2.30. The zero-order valence-electron chi connectivity index (χ0n) is 19.0. The molecule has 0 bridgehead atoms. The van der Waals surface area contributed by atoms with Crippen molar-refractivity contribution in [2.24, 2.45) is 0 Å². The Hall–Kier alpha value is -3.02. The van der Waals surface area contributed by atoms with Crippen LogP contribution in [0.5, 0.6) is 11.5 Å². The van der Waals surface area contributed by atoms with E-state index < -0.39 is 6.04 Å². The van der Waals surface area contributed by atoms with Crippen LogP contribution >= 0.6 is 0 Å². The second-order valence-electron chi connectivity index (χ2n) is 7.19. The van der Waals surface area contributed by atoms with Crippen LogP contribution < -0.4 is 14.8 Å². The van der Waals surface area contributed by atoms with E-state index in [0.29, 0.717) is 50.5 Å². The third kappa shape index (κ3) is 7.02. The number of hydrogen-bond donors (Lipinski definition) is 1. The molecule has 1 atom stereocenters. The van der Waals surface area contributed by atoms with Gasteiger partial charge in [0, 0.05) is 20.0 Å². The summed E-state index contributed by atoms with van der Waals surface area (Å²) in [5.74, 6) is 1.20. The quantitative estimate of drug-likeness (QED) is 0.558. The highest BCUT2D eigenvalue weighted by atomic mass is 16.5. The number of rotatable bonds is 12. The lowest BCUT2D eigenvalue weighted by atomic mass is 10.1. The van der Waals surface area contributed by atoms with E-state index in [4.69, 9.17) is 9.47 Å². The van der Waals surface area contributed by atoms with Gasteiger partial charge in [0.1, 0.15) is 6.04 Å². The number of nitrogens with one attached hydrogen (secondary N) is 1. The lowest BCUT2D eigenvalue weighted by Crippen LogP contribution is -2.48. The molecule has 6 nitrogen and oxygen atoms in total. The van der Waals surface area contributed by atoms with Gasteiger partial charge in [0.2, 0.25) is 11.8 Å². The van der Waals surface area contributed by atoms with Crippen molar-refractivity contribution >= 4 is 11.8 Å². The molecule has 168 valence electrons. The highest BCUT2D eigenvalue weighted by molar-refractivity contribution is 5.87. The Morgan fingerprint density at radius 3 is 2.23 bits per heavy atom. The summed E-state index contributed by atoms with van der Waals surface area (Å²) in [6.45, 7) is 7.28. The fraction of sp³-hybridized carbons (Fsp3) is 0.440. The molecule has 0 saturated carbocycles. The minimum atomic E-state index is -0.503. The average molecular weight is 427 g/mol. The molecule has 0 spiro atoms. The van der Waals surface area contributed by atoms with Gasteiger partial charge in [-0.3, -0.25) is 9.59 Å². The summed E-state index contributed by atoms with van der Waals surface area (Å²) in [6.07, 6.45) is 1.41. The van der Waals surface area contributed by atoms with Gasteiger partial charge in [-0.2, -0.15) is 0 Å². The van der Waals surface area contributed by atoms with Gasteiger partial charge in [-0.15, -0.1) is 0 Å². The Bertz CT molecular complexity index is 839. The van der Waals surface area contributed by atoms with E-state index in [-0.39, 0.29) is 11.8 Å². The molecule has 2 amide bonds. The zero-order chi connectivity index (χ0) is 22.6. The van der Waals surface area contributed by atoms with Gasteiger partial charge in [-0.05, 0) is 49.9 Å². The van der Waals surface area contributed by atoms with Crippen molar-refractivity contribution in [3.8, 4) is 11.5 Å². The first-order valence-corrected chi connectivity index (χ1v) is 11.0. The SMILES string of the molecule is CCOc1ccc(CCC(=O)N(Cc2ccccc2)C(CC)C(=O)NC)cc1OCC. The number of nitrogens with zero attached hydrogens (tertiary/aromatic N) is 1. The van der Waals surface area contributed by atoms with Crippen molar-refractivity contribution in [1.82, 2.24) is 10.2 Å². The average Bonchev–Trinajstić information content (AvgIpc) is 2.79. The van der Waals surface area contributed by atoms with Gasteiger partial charge in [0.25, 0.3) is 0 Å². The van der Waals surface area contributed by atoms with Crippen LogP contribution in [0.2, 0.25) is 0 Å². The molecule has 2 aromatic carbocycles. The van der Waals surface area contributed by atoms with E-state index in [0.717, 1.165) is 11.1 Å². The second kappa shape index (κ2) is 12.6. The number of likely N-dealkylation sites (N-methyl/N-ethyl adjacent to an activating group) is 1. The smallest absolute Gasteiger partial charge is 0.242 e. The third-order valence-electron chi connectivity index (χ3n) is 5.06. The monoisotopic (exact) mass is 426 g/mol. The Balaban J connectivity index is 2.17. The molecule has 0 aliphatic carbocycles. The summed E-state index contributed by atoms with van der Waals surface area (Å²) in [6, 6.07) is 15.0. The topological polar surface area (TPSA) is 67.9 Å². The van der Waals surface area contributed by atoms with E-state index in [1.165, 1.54) is 0 Å². The summed E-state index contributed by atoms with van der Waals surface area (Å²) < 4.78 is 11.3. The van der Waals surface area contributed by atoms with Crippen LogP contribution in [-0.4, -0.2) is 43.0 Å². The predicted molar refractivity (Wildman–Crippen MR) is 122 cm³/mol. The van der Waals surface area contributed by atoms with Gasteiger partial charge in [-0.25, -0.2) is 0 Å². The highest BCUT2D eigenvalue weighted by Gasteiger charge is 2.27. The van der Waals surface area contributed by atoms with Gasteiger partial charge >= 0.3 is 0 Å². The maximum absolute atomic E-state index is 13.2. The van der Waals surface area contributed by atoms with E-state index in [1.807, 2.05) is 69.3 Å². The standard InChI is InChI=1S/C25H34N2O4/c1-5-21(25(29)26-4)27(18-20-11-9-8-10-12-20)24(28)16-14-19-13-15-22(30-6-2)23(17-19)31-7-3/h8-13,15,17,21H,5-7,14,16,18H2,1-4H3,(H,26,29). The molecule has 0 fully saturated rings. The van der Waals surface area contributed by atoms with Crippen molar-refractivity contribution < 1.29 is 19.1 Å². The number of hydrogen-bond acceptors (Lipinski definition) is 4. The summed E-state index contributed by atoms with van der Waals surface area (Å²) in [4.78, 5) is 27.3. The number of aryl methyl sites for hydroxylation is 1. The molecular weight excluding hydrogens is 392 g/mol. The van der Waals surface area contributed by atoms with Crippen LogP contribution in [0.3, 0.4) is 0 Å². The zero-order valence-corrected chi connectivity index (χ0v) is 19.0. The number of carbonyl (C=O) groups excluding carboxylic acids is 2. The lowest BCUT2D eigenvalue weighted by molar-refractivity contribution is -0.141. The summed E-state index contributed by atoms with van der Waals surface area (Å²) in [5, 5.41) is 2.69. The summed E-state index contributed by atoms with van der Waals surface area (Å²) >= 11 is 0. The molecule has 2 rings (SSSR count). The fourth-order valence-corrected chi connectivity index (χ4v) is 3.51. The van der Waals surface area contributed by atoms with Crippen molar-refractivity contribution in [2.45, 2.75) is 52.6 Å². The summed E-state index contributed by atoms with van der Waals surface area (Å²) in [5.41, 5.74) is 1.99. The molecule has 0 aliphatic rings. The highest BCUT2D eigenvalue weighted by Crippen LogP contribution is 2.29. The number of benzene rings is 2. The van der Waals surface area contributed by atoms with Crippen LogP contribution in [0.15, 0.2) is 48.5 Å². The predicted octanol–water partition coefficient (Wildman–Crippen LogP) is 3.97. The molecule has 0 aliphatic heterocycles. The van der Waals surface area contributed by atoms with Gasteiger partial charge < -0.3 is 19.7 Å². The molecule has 1 unspecified atom stereocenters. The van der Waals surface area contributed by atoms with E-state index >= 15 is 0 Å². The van der Waals surface area contributed by atoms with Crippen LogP contribution in [0.25, 0.3) is 0 Å². The first-order valence-electron chi connectivity index (χ1n) is 11.0. The van der Waals surface area contributed by atoms with E-state index in [2.05, 4.69) is 5.32 Å². The van der Waals surface area contributed by atoms with Crippen molar-refractivity contribution in [3.63, 3.8) is 0 Å². The Morgan fingerprint density at radius 1 is 0.935 bits per heavy atom. The molecular formula is C25H34N2O4. The van der Waals surface area contributed by atoms with Gasteiger partial charge in [-0.1, -0.05) is 43.3 Å². The van der Waals surface area contributed by atoms with E-state index in [9.17, 15) is 9.59 Å². The van der Waals surface area contributed by atoms with E-state index in [1.54, 1.807) is 11.9 Å². The van der Waals surface area contributed by atoms with Gasteiger partial charge in [0.15, 0.2) is 11.5 Å². The number of carbonyl (C=O) groups is 2. The maximum atomic E-state index is 13.2. The molecule has 0 heterocycles. The normalized spacial score (nSPS) is 11.5. The Kier molecular flexibility index (Phi) is 9.88. The van der Waals surface area contributed by atoms with Crippen molar-refractivity contribution in [3.05, 3.63) is 59.7 Å².